The Morgan fingerprint density at radius 3 is 2.48 bits per heavy atom. The zero-order valence-corrected chi connectivity index (χ0v) is 12.7. The Morgan fingerprint density at radius 1 is 1.19 bits per heavy atom. The largest absolute Gasteiger partial charge is 0.494 e. The van der Waals surface area contributed by atoms with Gasteiger partial charge in [-0.15, -0.1) is 0 Å². The summed E-state index contributed by atoms with van der Waals surface area (Å²) in [5.41, 5.74) is 0.185. The van der Waals surface area contributed by atoms with Crippen molar-refractivity contribution in [2.45, 2.75) is 12.3 Å². The Kier molecular flexibility index (Phi) is 5.33. The van der Waals surface area contributed by atoms with Crippen LogP contribution in [0.1, 0.15) is 17.9 Å². The highest BCUT2D eigenvalue weighted by atomic mass is 79.9. The summed E-state index contributed by atoms with van der Waals surface area (Å²) >= 11 is 3.32. The highest BCUT2D eigenvalue weighted by Gasteiger charge is 2.22. The van der Waals surface area contributed by atoms with Crippen molar-refractivity contribution in [1.29, 1.82) is 0 Å². The van der Waals surface area contributed by atoms with Crippen LogP contribution in [0.2, 0.25) is 0 Å². The molecule has 1 N–H and O–H groups in total. The number of carboxylic acid groups (broad SMARTS) is 1. The van der Waals surface area contributed by atoms with Crippen molar-refractivity contribution in [2.24, 2.45) is 0 Å². The SMILES string of the molecule is O=C(O)C(CCOc1ccc(Br)cc1)c1ccccc1F. The molecule has 0 aliphatic rings. The third-order valence-electron chi connectivity index (χ3n) is 3.07. The van der Waals surface area contributed by atoms with Crippen molar-refractivity contribution in [3.8, 4) is 5.75 Å². The molecule has 0 saturated carbocycles. The summed E-state index contributed by atoms with van der Waals surface area (Å²) in [5.74, 6) is -1.83. The lowest BCUT2D eigenvalue weighted by Crippen LogP contribution is -2.16. The summed E-state index contributed by atoms with van der Waals surface area (Å²) < 4.78 is 20.1. The molecular formula is C16H14BrFO3. The van der Waals surface area contributed by atoms with E-state index in [0.717, 1.165) is 4.47 Å². The summed E-state index contributed by atoms with van der Waals surface area (Å²) in [6.45, 7) is 0.201. The summed E-state index contributed by atoms with van der Waals surface area (Å²) in [6, 6.07) is 13.2. The Morgan fingerprint density at radius 2 is 1.86 bits per heavy atom. The maximum Gasteiger partial charge on any atom is 0.311 e. The zero-order chi connectivity index (χ0) is 15.2. The third-order valence-corrected chi connectivity index (χ3v) is 3.60. The molecule has 0 bridgehead atoms. The topological polar surface area (TPSA) is 46.5 Å². The average Bonchev–Trinajstić information content (AvgIpc) is 2.46. The molecule has 0 spiro atoms. The standard InChI is InChI=1S/C16H14BrFO3/c17-11-5-7-12(8-6-11)21-10-9-14(16(19)20)13-3-1-2-4-15(13)18/h1-8,14H,9-10H2,(H,19,20). The van der Waals surface area contributed by atoms with Gasteiger partial charge in [0.15, 0.2) is 0 Å². The first-order valence-corrected chi connectivity index (χ1v) is 7.23. The van der Waals surface area contributed by atoms with E-state index in [2.05, 4.69) is 15.9 Å². The molecule has 21 heavy (non-hydrogen) atoms. The normalized spacial score (nSPS) is 11.9. The highest BCUT2D eigenvalue weighted by Crippen LogP contribution is 2.24. The van der Waals surface area contributed by atoms with Crippen molar-refractivity contribution in [1.82, 2.24) is 0 Å². The van der Waals surface area contributed by atoms with Gasteiger partial charge >= 0.3 is 5.97 Å². The van der Waals surface area contributed by atoms with E-state index in [1.165, 1.54) is 18.2 Å². The number of rotatable bonds is 6. The highest BCUT2D eigenvalue weighted by molar-refractivity contribution is 9.10. The fourth-order valence-electron chi connectivity index (χ4n) is 2.00. The number of carbonyl (C=O) groups is 1. The molecule has 2 rings (SSSR count). The van der Waals surface area contributed by atoms with Crippen LogP contribution >= 0.6 is 15.9 Å². The summed E-state index contributed by atoms with van der Waals surface area (Å²) in [7, 11) is 0. The molecule has 5 heteroatoms. The van der Waals surface area contributed by atoms with Gasteiger partial charge in [0.25, 0.3) is 0 Å². The molecule has 0 heterocycles. The smallest absolute Gasteiger partial charge is 0.311 e. The van der Waals surface area contributed by atoms with Crippen LogP contribution in [-0.2, 0) is 4.79 Å². The van der Waals surface area contributed by atoms with Crippen LogP contribution in [0.3, 0.4) is 0 Å². The average molecular weight is 353 g/mol. The molecule has 3 nitrogen and oxygen atoms in total. The van der Waals surface area contributed by atoms with Crippen LogP contribution in [0.25, 0.3) is 0 Å². The molecule has 0 aliphatic carbocycles. The molecule has 0 aliphatic heterocycles. The van der Waals surface area contributed by atoms with E-state index >= 15 is 0 Å². The quantitative estimate of drug-likeness (QED) is 0.846. The Bertz CT molecular complexity index is 613. The predicted octanol–water partition coefficient (Wildman–Crippen LogP) is 4.23. The zero-order valence-electron chi connectivity index (χ0n) is 11.1. The van der Waals surface area contributed by atoms with Gasteiger partial charge in [-0.1, -0.05) is 34.1 Å². The summed E-state index contributed by atoms with van der Waals surface area (Å²) in [6.07, 6.45) is 0.201. The van der Waals surface area contributed by atoms with Gasteiger partial charge in [-0.2, -0.15) is 0 Å². The van der Waals surface area contributed by atoms with E-state index in [9.17, 15) is 14.3 Å². The lowest BCUT2D eigenvalue weighted by Gasteiger charge is -2.14. The second kappa shape index (κ2) is 7.22. The van der Waals surface area contributed by atoms with Crippen LogP contribution in [0, 0.1) is 5.82 Å². The maximum absolute atomic E-state index is 13.7. The van der Waals surface area contributed by atoms with E-state index in [1.807, 2.05) is 12.1 Å². The Labute approximate surface area is 130 Å². The first kappa shape index (κ1) is 15.5. The molecule has 0 amide bonds. The van der Waals surface area contributed by atoms with Gasteiger partial charge < -0.3 is 9.84 Å². The monoisotopic (exact) mass is 352 g/mol. The summed E-state index contributed by atoms with van der Waals surface area (Å²) in [5, 5.41) is 9.26. The molecule has 1 atom stereocenters. The Hall–Kier alpha value is -1.88. The van der Waals surface area contributed by atoms with Gasteiger partial charge in [0, 0.05) is 10.0 Å². The van der Waals surface area contributed by atoms with Gasteiger partial charge in [0.2, 0.25) is 0 Å². The van der Waals surface area contributed by atoms with Gasteiger partial charge in [-0.05, 0) is 36.8 Å². The van der Waals surface area contributed by atoms with Crippen LogP contribution in [0.4, 0.5) is 4.39 Å². The van der Waals surface area contributed by atoms with E-state index < -0.39 is 17.7 Å². The number of carboxylic acids is 1. The van der Waals surface area contributed by atoms with Gasteiger partial charge in [0.05, 0.1) is 12.5 Å². The lowest BCUT2D eigenvalue weighted by atomic mass is 9.96. The van der Waals surface area contributed by atoms with Gasteiger partial charge in [-0.3, -0.25) is 4.79 Å². The maximum atomic E-state index is 13.7. The number of ether oxygens (including phenoxy) is 1. The molecule has 1 unspecified atom stereocenters. The van der Waals surface area contributed by atoms with Crippen LogP contribution in [-0.4, -0.2) is 17.7 Å². The van der Waals surface area contributed by atoms with E-state index in [1.54, 1.807) is 18.2 Å². The van der Waals surface area contributed by atoms with Crippen molar-refractivity contribution < 1.29 is 19.0 Å². The Balaban J connectivity index is 2.00. The van der Waals surface area contributed by atoms with E-state index in [4.69, 9.17) is 4.74 Å². The number of hydrogen-bond acceptors (Lipinski definition) is 2. The second-order valence-corrected chi connectivity index (χ2v) is 5.42. The minimum absolute atomic E-state index is 0.185. The van der Waals surface area contributed by atoms with E-state index in [-0.39, 0.29) is 18.6 Å². The molecule has 0 saturated heterocycles. The number of aliphatic carboxylic acids is 1. The number of halogens is 2. The number of hydrogen-bond donors (Lipinski definition) is 1. The lowest BCUT2D eigenvalue weighted by molar-refractivity contribution is -0.139. The van der Waals surface area contributed by atoms with E-state index in [0.29, 0.717) is 5.75 Å². The third kappa shape index (κ3) is 4.29. The second-order valence-electron chi connectivity index (χ2n) is 4.50. The molecule has 0 radical (unpaired) electrons. The van der Waals surface area contributed by atoms with Crippen molar-refractivity contribution in [3.63, 3.8) is 0 Å². The fraction of sp³-hybridized carbons (Fsp3) is 0.188. The first-order valence-electron chi connectivity index (χ1n) is 6.43. The van der Waals surface area contributed by atoms with Crippen molar-refractivity contribution in [3.05, 3.63) is 64.4 Å². The molecule has 2 aromatic rings. The van der Waals surface area contributed by atoms with Crippen LogP contribution in [0.5, 0.6) is 5.75 Å². The first-order chi connectivity index (χ1) is 10.1. The molecule has 110 valence electrons. The van der Waals surface area contributed by atoms with Crippen molar-refractivity contribution in [2.75, 3.05) is 6.61 Å². The minimum atomic E-state index is -1.06. The molecule has 0 fully saturated rings. The predicted molar refractivity (Wildman–Crippen MR) is 81.0 cm³/mol. The fourth-order valence-corrected chi connectivity index (χ4v) is 2.26. The van der Waals surface area contributed by atoms with Gasteiger partial charge in [0.1, 0.15) is 11.6 Å². The minimum Gasteiger partial charge on any atom is -0.494 e. The molecular weight excluding hydrogens is 339 g/mol. The van der Waals surface area contributed by atoms with Crippen LogP contribution in [0.15, 0.2) is 53.0 Å². The van der Waals surface area contributed by atoms with Crippen LogP contribution < -0.4 is 4.74 Å². The van der Waals surface area contributed by atoms with Gasteiger partial charge in [-0.25, -0.2) is 4.39 Å². The molecule has 0 aromatic heterocycles. The van der Waals surface area contributed by atoms with Crippen molar-refractivity contribution >= 4 is 21.9 Å². The summed E-state index contributed by atoms with van der Waals surface area (Å²) in [4.78, 5) is 11.3. The molecule has 2 aromatic carbocycles. The number of benzene rings is 2.